The molecule has 0 aromatic heterocycles. The van der Waals surface area contributed by atoms with Gasteiger partial charge in [-0.2, -0.15) is 0 Å². The number of hydrogen-bond donors (Lipinski definition) is 2. The van der Waals surface area contributed by atoms with Gasteiger partial charge in [-0.05, 0) is 30.0 Å². The highest BCUT2D eigenvalue weighted by atomic mass is 16.5. The van der Waals surface area contributed by atoms with E-state index < -0.39 is 5.91 Å². The van der Waals surface area contributed by atoms with Crippen molar-refractivity contribution in [1.29, 1.82) is 0 Å². The van der Waals surface area contributed by atoms with Gasteiger partial charge in [0.2, 0.25) is 0 Å². The quantitative estimate of drug-likeness (QED) is 0.849. The summed E-state index contributed by atoms with van der Waals surface area (Å²) in [5, 5.41) is 3.59. The second kappa shape index (κ2) is 5.71. The van der Waals surface area contributed by atoms with Gasteiger partial charge in [-0.25, -0.2) is 0 Å². The molecule has 1 amide bonds. The molecule has 3 N–H and O–H groups in total. The van der Waals surface area contributed by atoms with Gasteiger partial charge in [0.25, 0.3) is 5.91 Å². The Kier molecular flexibility index (Phi) is 3.53. The number of anilines is 1. The molecule has 4 nitrogen and oxygen atoms in total. The van der Waals surface area contributed by atoms with Crippen LogP contribution in [0.4, 0.5) is 5.69 Å². The molecule has 0 radical (unpaired) electrons. The van der Waals surface area contributed by atoms with Crippen molar-refractivity contribution < 1.29 is 9.53 Å². The number of allylic oxidation sites excluding steroid dienone is 2. The molecule has 2 aromatic rings. The SMILES string of the molecule is COc1ccccc1C1Nc2c(C(N)=O)cccc2C2C=CCC21. The molecule has 0 fully saturated rings. The van der Waals surface area contributed by atoms with Gasteiger partial charge in [0.15, 0.2) is 0 Å². The topological polar surface area (TPSA) is 64.3 Å². The van der Waals surface area contributed by atoms with Crippen molar-refractivity contribution in [2.75, 3.05) is 12.4 Å². The lowest BCUT2D eigenvalue weighted by molar-refractivity contribution is 0.100. The van der Waals surface area contributed by atoms with Crippen molar-refractivity contribution in [2.45, 2.75) is 18.4 Å². The first-order valence-corrected chi connectivity index (χ1v) is 8.19. The fourth-order valence-corrected chi connectivity index (χ4v) is 4.06. The molecule has 0 spiro atoms. The maximum Gasteiger partial charge on any atom is 0.250 e. The number of rotatable bonds is 3. The first-order chi connectivity index (χ1) is 11.7. The summed E-state index contributed by atoms with van der Waals surface area (Å²) >= 11 is 0. The van der Waals surface area contributed by atoms with Crippen LogP contribution in [0.2, 0.25) is 0 Å². The number of fused-ring (bicyclic) bond motifs is 3. The van der Waals surface area contributed by atoms with Gasteiger partial charge in [0.05, 0.1) is 24.4 Å². The maximum atomic E-state index is 11.9. The molecular weight excluding hydrogens is 300 g/mol. The Morgan fingerprint density at radius 2 is 1.96 bits per heavy atom. The summed E-state index contributed by atoms with van der Waals surface area (Å²) in [6.07, 6.45) is 5.48. The monoisotopic (exact) mass is 320 g/mol. The minimum absolute atomic E-state index is 0.0779. The molecule has 0 saturated heterocycles. The molecule has 4 heteroatoms. The number of nitrogens with two attached hydrogens (primary N) is 1. The smallest absolute Gasteiger partial charge is 0.250 e. The second-order valence-electron chi connectivity index (χ2n) is 6.35. The summed E-state index contributed by atoms with van der Waals surface area (Å²) in [5.41, 5.74) is 9.26. The Bertz CT molecular complexity index is 828. The predicted octanol–water partition coefficient (Wildman–Crippen LogP) is 3.62. The first kappa shape index (κ1) is 14.8. The number of amides is 1. The zero-order valence-electron chi connectivity index (χ0n) is 13.5. The number of hydrogen-bond acceptors (Lipinski definition) is 3. The van der Waals surface area contributed by atoms with Gasteiger partial charge in [-0.1, -0.05) is 42.5 Å². The molecule has 4 rings (SSSR count). The van der Waals surface area contributed by atoms with Crippen LogP contribution in [0.25, 0.3) is 0 Å². The molecule has 3 atom stereocenters. The van der Waals surface area contributed by atoms with Crippen LogP contribution in [-0.4, -0.2) is 13.0 Å². The normalized spacial score (nSPS) is 24.0. The Labute approximate surface area is 141 Å². The number of primary amides is 1. The van der Waals surface area contributed by atoms with Crippen molar-refractivity contribution >= 4 is 11.6 Å². The minimum Gasteiger partial charge on any atom is -0.496 e. The molecule has 24 heavy (non-hydrogen) atoms. The number of ether oxygens (including phenoxy) is 1. The number of nitrogens with one attached hydrogen (secondary N) is 1. The van der Waals surface area contributed by atoms with Crippen molar-refractivity contribution in [2.24, 2.45) is 11.7 Å². The van der Waals surface area contributed by atoms with Crippen molar-refractivity contribution in [3.8, 4) is 5.75 Å². The molecule has 1 heterocycles. The van der Waals surface area contributed by atoms with Crippen LogP contribution >= 0.6 is 0 Å². The molecular formula is C20H20N2O2. The zero-order chi connectivity index (χ0) is 16.7. The van der Waals surface area contributed by atoms with Gasteiger partial charge in [0, 0.05) is 11.5 Å². The van der Waals surface area contributed by atoms with Gasteiger partial charge < -0.3 is 15.8 Å². The maximum absolute atomic E-state index is 11.9. The average Bonchev–Trinajstić information content (AvgIpc) is 3.10. The largest absolute Gasteiger partial charge is 0.496 e. The summed E-state index contributed by atoms with van der Waals surface area (Å²) in [4.78, 5) is 11.9. The molecule has 2 aliphatic rings. The summed E-state index contributed by atoms with van der Waals surface area (Å²) in [7, 11) is 1.69. The van der Waals surface area contributed by atoms with E-state index in [-0.39, 0.29) is 12.0 Å². The van der Waals surface area contributed by atoms with Crippen LogP contribution in [0.3, 0.4) is 0 Å². The van der Waals surface area contributed by atoms with Gasteiger partial charge in [-0.3, -0.25) is 4.79 Å². The van der Waals surface area contributed by atoms with Crippen LogP contribution in [0.5, 0.6) is 5.75 Å². The lowest BCUT2D eigenvalue weighted by atomic mass is 9.76. The van der Waals surface area contributed by atoms with E-state index in [9.17, 15) is 4.79 Å². The van der Waals surface area contributed by atoms with Crippen molar-refractivity contribution in [3.05, 3.63) is 71.3 Å². The van der Waals surface area contributed by atoms with E-state index in [0.717, 1.165) is 29.0 Å². The Morgan fingerprint density at radius 3 is 2.75 bits per heavy atom. The first-order valence-electron chi connectivity index (χ1n) is 8.19. The number of para-hydroxylation sites is 2. The molecule has 1 aliphatic carbocycles. The van der Waals surface area contributed by atoms with Gasteiger partial charge >= 0.3 is 0 Å². The van der Waals surface area contributed by atoms with Gasteiger partial charge in [0.1, 0.15) is 5.75 Å². The Hall–Kier alpha value is -2.75. The third kappa shape index (κ3) is 2.18. The Morgan fingerprint density at radius 1 is 1.17 bits per heavy atom. The number of methoxy groups -OCH3 is 1. The molecule has 1 aliphatic heterocycles. The fraction of sp³-hybridized carbons (Fsp3) is 0.250. The zero-order valence-corrected chi connectivity index (χ0v) is 13.5. The van der Waals surface area contributed by atoms with E-state index in [1.807, 2.05) is 24.3 Å². The highest BCUT2D eigenvalue weighted by Crippen LogP contribution is 2.51. The molecule has 3 unspecified atom stereocenters. The summed E-state index contributed by atoms with van der Waals surface area (Å²) in [6.45, 7) is 0. The van der Waals surface area contributed by atoms with Gasteiger partial charge in [-0.15, -0.1) is 0 Å². The van der Waals surface area contributed by atoms with Crippen molar-refractivity contribution in [1.82, 2.24) is 0 Å². The second-order valence-corrected chi connectivity index (χ2v) is 6.35. The highest BCUT2D eigenvalue weighted by molar-refractivity contribution is 5.99. The number of carbonyl (C=O) groups is 1. The molecule has 0 bridgehead atoms. The summed E-state index contributed by atoms with van der Waals surface area (Å²) in [5.74, 6) is 1.14. The van der Waals surface area contributed by atoms with Crippen LogP contribution in [0, 0.1) is 5.92 Å². The predicted molar refractivity (Wildman–Crippen MR) is 94.3 cm³/mol. The minimum atomic E-state index is -0.404. The van der Waals surface area contributed by atoms with Crippen LogP contribution in [0.15, 0.2) is 54.6 Å². The highest BCUT2D eigenvalue weighted by Gasteiger charge is 2.39. The molecule has 122 valence electrons. The summed E-state index contributed by atoms with van der Waals surface area (Å²) < 4.78 is 5.56. The van der Waals surface area contributed by atoms with E-state index >= 15 is 0 Å². The van der Waals surface area contributed by atoms with Crippen molar-refractivity contribution in [3.63, 3.8) is 0 Å². The average molecular weight is 320 g/mol. The van der Waals surface area contributed by atoms with E-state index in [1.165, 1.54) is 0 Å². The van der Waals surface area contributed by atoms with E-state index in [2.05, 4.69) is 29.6 Å². The number of carbonyl (C=O) groups excluding carboxylic acids is 1. The fourth-order valence-electron chi connectivity index (χ4n) is 4.06. The number of benzene rings is 2. The molecule has 0 saturated carbocycles. The van der Waals surface area contributed by atoms with E-state index in [0.29, 0.717) is 11.5 Å². The standard InChI is InChI=1S/C20H20N2O2/c1-24-17-11-3-2-6-15(17)18-13-8-4-7-12(13)14-9-5-10-16(20(21)23)19(14)22-18/h2-7,9-13,18,22H,8H2,1H3,(H2,21,23). The van der Waals surface area contributed by atoms with E-state index in [4.69, 9.17) is 10.5 Å². The Balaban J connectivity index is 1.86. The van der Waals surface area contributed by atoms with Crippen LogP contribution in [0.1, 0.15) is 39.9 Å². The lowest BCUT2D eigenvalue weighted by Crippen LogP contribution is -2.31. The van der Waals surface area contributed by atoms with Crippen LogP contribution in [-0.2, 0) is 0 Å². The van der Waals surface area contributed by atoms with E-state index in [1.54, 1.807) is 13.2 Å². The molecule has 2 aromatic carbocycles. The lowest BCUT2D eigenvalue weighted by Gasteiger charge is -2.38. The third-order valence-corrected chi connectivity index (χ3v) is 5.14. The third-order valence-electron chi connectivity index (χ3n) is 5.14. The summed E-state index contributed by atoms with van der Waals surface area (Å²) in [6, 6.07) is 13.9. The van der Waals surface area contributed by atoms with Crippen LogP contribution < -0.4 is 15.8 Å².